The van der Waals surface area contributed by atoms with Gasteiger partial charge in [0, 0.05) is 25.8 Å². The van der Waals surface area contributed by atoms with Gasteiger partial charge in [-0.15, -0.1) is 11.8 Å². The van der Waals surface area contributed by atoms with Crippen LogP contribution in [0.1, 0.15) is 51.9 Å². The molecule has 0 saturated carbocycles. The number of aliphatic carboxylic acids is 2. The van der Waals surface area contributed by atoms with Crippen LogP contribution in [0.15, 0.2) is 4.99 Å². The van der Waals surface area contributed by atoms with E-state index in [4.69, 9.17) is 37.5 Å². The van der Waals surface area contributed by atoms with Crippen molar-refractivity contribution in [1.82, 2.24) is 21.3 Å². The highest BCUT2D eigenvalue weighted by atomic mass is 32.2. The summed E-state index contributed by atoms with van der Waals surface area (Å²) in [7, 11) is 1.53. The maximum atomic E-state index is 13.4. The minimum Gasteiger partial charge on any atom is -0.481 e. The number of hydrogen-bond donors (Lipinski definition) is 10. The lowest BCUT2D eigenvalue weighted by molar-refractivity contribution is -0.141. The summed E-state index contributed by atoms with van der Waals surface area (Å²) in [5.41, 5.74) is 22.3. The summed E-state index contributed by atoms with van der Waals surface area (Å²) in [5.74, 6) is -5.44. The highest BCUT2D eigenvalue weighted by Crippen LogP contribution is 2.08. The molecule has 0 saturated heterocycles. The number of hydrogen-bond acceptors (Lipinski definition) is 12. The van der Waals surface area contributed by atoms with Crippen molar-refractivity contribution in [2.24, 2.45) is 27.9 Å². The molecule has 0 aromatic heterocycles. The molecule has 0 spiro atoms. The predicted octanol–water partition coefficient (Wildman–Crippen LogP) is -3.24. The van der Waals surface area contributed by atoms with E-state index in [9.17, 15) is 33.9 Å². The number of nitrogens with two attached hydrogens (primary N) is 4. The van der Waals surface area contributed by atoms with Crippen molar-refractivity contribution in [3.8, 4) is 0 Å². The highest BCUT2D eigenvalue weighted by Gasteiger charge is 2.31. The number of ether oxygens (including phenoxy) is 2. The summed E-state index contributed by atoms with van der Waals surface area (Å²) in [6, 6.07) is -6.14. The monoisotopic (exact) mass is 693 g/mol. The Bertz CT molecular complexity index is 1030. The van der Waals surface area contributed by atoms with Crippen LogP contribution in [0.5, 0.6) is 0 Å². The molecule has 270 valence electrons. The third-order valence-corrected chi connectivity index (χ3v) is 7.33. The summed E-state index contributed by atoms with van der Waals surface area (Å²) in [6.07, 6.45) is 0.402. The molecule has 47 heavy (non-hydrogen) atoms. The van der Waals surface area contributed by atoms with Gasteiger partial charge >= 0.3 is 11.9 Å². The van der Waals surface area contributed by atoms with Gasteiger partial charge in [0.1, 0.15) is 24.2 Å². The summed E-state index contributed by atoms with van der Waals surface area (Å²) in [5, 5.41) is 28.2. The number of carbonyl (C=O) groups excluding carboxylic acids is 4. The number of nitrogens with zero attached hydrogens (tertiary/aromatic N) is 1. The van der Waals surface area contributed by atoms with E-state index in [0.717, 1.165) is 0 Å². The number of nitrogens with one attached hydrogen (secondary N) is 4. The van der Waals surface area contributed by atoms with Gasteiger partial charge in [0.15, 0.2) is 5.96 Å². The molecule has 19 nitrogen and oxygen atoms in total. The third-order valence-electron chi connectivity index (χ3n) is 6.40. The molecule has 0 heterocycles. The SMILES string of the molecule is COCCOCSCC(N)C(=O)NC(CCCN=C(N)N)C(=O)NC(CCC(=O)O)C(=O)NC(CCCCN)C(=O)NC(C)C(=O)O. The van der Waals surface area contributed by atoms with Gasteiger partial charge < -0.3 is 63.9 Å². The Morgan fingerprint density at radius 2 is 1.36 bits per heavy atom. The minimum absolute atomic E-state index is 0.0266. The molecule has 0 aliphatic heterocycles. The molecule has 0 bridgehead atoms. The zero-order chi connectivity index (χ0) is 35.8. The number of thioether (sulfide) groups is 1. The number of carboxylic acid groups (broad SMARTS) is 2. The average Bonchev–Trinajstić information content (AvgIpc) is 3.01. The van der Waals surface area contributed by atoms with Crippen LogP contribution in [0.4, 0.5) is 0 Å². The normalized spacial score (nSPS) is 14.0. The van der Waals surface area contributed by atoms with Gasteiger partial charge in [-0.05, 0) is 52.0 Å². The van der Waals surface area contributed by atoms with Crippen LogP contribution in [-0.2, 0) is 38.2 Å². The van der Waals surface area contributed by atoms with Crippen molar-refractivity contribution < 1.29 is 48.5 Å². The number of carboxylic acids is 2. The second-order valence-corrected chi connectivity index (χ2v) is 11.4. The summed E-state index contributed by atoms with van der Waals surface area (Å²) in [4.78, 5) is 78.9. The van der Waals surface area contributed by atoms with E-state index in [1.165, 1.54) is 25.8 Å². The molecule has 0 aliphatic rings. The molecular weight excluding hydrogens is 642 g/mol. The van der Waals surface area contributed by atoms with Crippen LogP contribution in [0.2, 0.25) is 0 Å². The first kappa shape index (κ1) is 43.3. The lowest BCUT2D eigenvalue weighted by atomic mass is 10.0. The number of aliphatic imine (C=N–C) groups is 1. The zero-order valence-electron chi connectivity index (χ0n) is 26.9. The molecule has 4 amide bonds. The van der Waals surface area contributed by atoms with Gasteiger partial charge in [-0.3, -0.25) is 33.8 Å². The van der Waals surface area contributed by atoms with Crippen molar-refractivity contribution in [3.05, 3.63) is 0 Å². The average molecular weight is 694 g/mol. The number of methoxy groups -OCH3 is 1. The third kappa shape index (κ3) is 20.9. The molecular formula is C27H51N9O10S. The minimum atomic E-state index is -1.44. The number of carbonyl (C=O) groups is 6. The fourth-order valence-electron chi connectivity index (χ4n) is 3.78. The smallest absolute Gasteiger partial charge is 0.325 e. The molecule has 0 aromatic carbocycles. The van der Waals surface area contributed by atoms with Crippen LogP contribution in [0.3, 0.4) is 0 Å². The van der Waals surface area contributed by atoms with Crippen LogP contribution in [0, 0.1) is 0 Å². The van der Waals surface area contributed by atoms with Crippen molar-refractivity contribution in [2.45, 2.75) is 82.1 Å². The number of guanidine groups is 1. The Kier molecular flexibility index (Phi) is 23.4. The highest BCUT2D eigenvalue weighted by molar-refractivity contribution is 7.99. The molecule has 0 fully saturated rings. The number of rotatable bonds is 27. The molecule has 0 rings (SSSR count). The topological polar surface area (TPSA) is 326 Å². The largest absolute Gasteiger partial charge is 0.481 e. The summed E-state index contributed by atoms with van der Waals surface area (Å²) >= 11 is 1.25. The summed E-state index contributed by atoms with van der Waals surface area (Å²) in [6.45, 7) is 2.45. The standard InChI is InChI=1S/C27H51N9O10S/c1-16(26(43)44)33-23(40)18(6-3-4-10-28)35-25(42)20(8-9-21(37)38)36-24(41)19(7-5-11-32-27(30)31)34-22(39)17(29)14-47-15-46-13-12-45-2/h16-20H,3-15,28-29H2,1-2H3,(H,33,40)(H,34,39)(H,35,42)(H,36,41)(H,37,38)(H,43,44)(H4,30,31,32). The van der Waals surface area contributed by atoms with E-state index in [0.29, 0.717) is 32.6 Å². The Hall–Kier alpha value is -3.72. The summed E-state index contributed by atoms with van der Waals surface area (Å²) < 4.78 is 10.2. The lowest BCUT2D eigenvalue weighted by Crippen LogP contribution is -2.58. The molecule has 0 aromatic rings. The van der Waals surface area contributed by atoms with Gasteiger partial charge in [-0.2, -0.15) is 0 Å². The van der Waals surface area contributed by atoms with E-state index in [1.807, 2.05) is 0 Å². The van der Waals surface area contributed by atoms with Crippen LogP contribution in [-0.4, -0.2) is 127 Å². The second kappa shape index (κ2) is 25.4. The number of unbranched alkanes of at least 4 members (excludes halogenated alkanes) is 1. The second-order valence-electron chi connectivity index (χ2n) is 10.4. The Morgan fingerprint density at radius 3 is 1.89 bits per heavy atom. The van der Waals surface area contributed by atoms with Gasteiger partial charge in [-0.25, -0.2) is 0 Å². The first-order chi connectivity index (χ1) is 22.2. The molecule has 5 atom stereocenters. The van der Waals surface area contributed by atoms with Gasteiger partial charge in [0.2, 0.25) is 23.6 Å². The van der Waals surface area contributed by atoms with E-state index in [1.54, 1.807) is 0 Å². The molecule has 5 unspecified atom stereocenters. The fraction of sp³-hybridized carbons (Fsp3) is 0.741. The van der Waals surface area contributed by atoms with Gasteiger partial charge in [0.25, 0.3) is 0 Å². The molecule has 0 aliphatic carbocycles. The molecule has 0 radical (unpaired) electrons. The van der Waals surface area contributed by atoms with Crippen molar-refractivity contribution in [3.63, 3.8) is 0 Å². The van der Waals surface area contributed by atoms with Crippen LogP contribution < -0.4 is 44.2 Å². The Balaban J connectivity index is 5.83. The van der Waals surface area contributed by atoms with E-state index in [-0.39, 0.29) is 49.9 Å². The predicted molar refractivity (Wildman–Crippen MR) is 174 cm³/mol. The zero-order valence-corrected chi connectivity index (χ0v) is 27.7. The Labute approximate surface area is 278 Å². The maximum Gasteiger partial charge on any atom is 0.325 e. The van der Waals surface area contributed by atoms with Crippen LogP contribution in [0.25, 0.3) is 0 Å². The van der Waals surface area contributed by atoms with E-state index >= 15 is 0 Å². The number of amides is 4. The fourth-order valence-corrected chi connectivity index (χ4v) is 4.52. The van der Waals surface area contributed by atoms with E-state index in [2.05, 4.69) is 26.3 Å². The first-order valence-corrected chi connectivity index (χ1v) is 16.2. The molecule has 20 heteroatoms. The van der Waals surface area contributed by atoms with Crippen molar-refractivity contribution in [2.75, 3.05) is 45.1 Å². The first-order valence-electron chi connectivity index (χ1n) is 15.0. The van der Waals surface area contributed by atoms with Crippen molar-refractivity contribution in [1.29, 1.82) is 0 Å². The van der Waals surface area contributed by atoms with E-state index < -0.39 is 72.2 Å². The maximum absolute atomic E-state index is 13.4. The molecule has 14 N–H and O–H groups in total. The van der Waals surface area contributed by atoms with Crippen LogP contribution >= 0.6 is 11.8 Å². The van der Waals surface area contributed by atoms with Gasteiger partial charge in [-0.1, -0.05) is 0 Å². The Morgan fingerprint density at radius 1 is 0.809 bits per heavy atom. The van der Waals surface area contributed by atoms with Crippen molar-refractivity contribution >= 4 is 53.3 Å². The lowest BCUT2D eigenvalue weighted by Gasteiger charge is -2.26. The quantitative estimate of drug-likeness (QED) is 0.0175. The van der Waals surface area contributed by atoms with Gasteiger partial charge in [0.05, 0.1) is 25.2 Å².